The SMILES string of the molecule is Cc1ccc(S(=O)(=O)c2ccccc2C=NNC(N)=S)cc1. The number of nitrogens with two attached hydrogens (primary N) is 1. The quantitative estimate of drug-likeness (QED) is 0.508. The van der Waals surface area contributed by atoms with Gasteiger partial charge >= 0.3 is 0 Å². The van der Waals surface area contributed by atoms with Gasteiger partial charge in [0.1, 0.15) is 0 Å². The highest BCUT2D eigenvalue weighted by molar-refractivity contribution is 7.91. The van der Waals surface area contributed by atoms with E-state index in [2.05, 4.69) is 22.7 Å². The third-order valence-electron chi connectivity index (χ3n) is 2.92. The molecule has 0 aliphatic rings. The summed E-state index contributed by atoms with van der Waals surface area (Å²) in [6, 6.07) is 13.3. The molecule has 0 radical (unpaired) electrons. The first kappa shape index (κ1) is 16.1. The van der Waals surface area contributed by atoms with Crippen molar-refractivity contribution in [1.29, 1.82) is 0 Å². The van der Waals surface area contributed by atoms with Crippen LogP contribution in [0.5, 0.6) is 0 Å². The second kappa shape index (κ2) is 6.67. The number of hydrazone groups is 1. The van der Waals surface area contributed by atoms with Crippen molar-refractivity contribution in [3.8, 4) is 0 Å². The van der Waals surface area contributed by atoms with Crippen LogP contribution in [0.2, 0.25) is 0 Å². The number of aryl methyl sites for hydroxylation is 1. The minimum Gasteiger partial charge on any atom is -0.375 e. The van der Waals surface area contributed by atoms with Crippen LogP contribution in [-0.4, -0.2) is 19.7 Å². The summed E-state index contributed by atoms with van der Waals surface area (Å²) in [4.78, 5) is 0.411. The number of thiocarbonyl (C=S) groups is 1. The first-order chi connectivity index (χ1) is 10.4. The maximum absolute atomic E-state index is 12.7. The largest absolute Gasteiger partial charge is 0.375 e. The van der Waals surface area contributed by atoms with Gasteiger partial charge in [-0.15, -0.1) is 0 Å². The summed E-state index contributed by atoms with van der Waals surface area (Å²) in [5, 5.41) is 3.83. The predicted octanol–water partition coefficient (Wildman–Crippen LogP) is 1.99. The Kier molecular flexibility index (Phi) is 4.89. The number of benzene rings is 2. The van der Waals surface area contributed by atoms with Crippen LogP contribution in [0.4, 0.5) is 0 Å². The average molecular weight is 333 g/mol. The van der Waals surface area contributed by atoms with Gasteiger partial charge in [0.2, 0.25) is 9.84 Å². The van der Waals surface area contributed by atoms with Crippen molar-refractivity contribution in [2.45, 2.75) is 16.7 Å². The zero-order chi connectivity index (χ0) is 16.2. The molecule has 0 spiro atoms. The molecule has 0 aliphatic carbocycles. The van der Waals surface area contributed by atoms with Crippen LogP contribution in [0.3, 0.4) is 0 Å². The lowest BCUT2D eigenvalue weighted by Gasteiger charge is -2.08. The number of nitrogens with one attached hydrogen (secondary N) is 1. The molecule has 0 bridgehead atoms. The van der Waals surface area contributed by atoms with E-state index in [4.69, 9.17) is 5.73 Å². The second-order valence-corrected chi connectivity index (χ2v) is 6.95. The molecule has 0 aromatic heterocycles. The summed E-state index contributed by atoms with van der Waals surface area (Å²) in [6.07, 6.45) is 1.38. The lowest BCUT2D eigenvalue weighted by atomic mass is 10.2. The fraction of sp³-hybridized carbons (Fsp3) is 0.0667. The van der Waals surface area contributed by atoms with E-state index < -0.39 is 9.84 Å². The molecule has 0 unspecified atom stereocenters. The van der Waals surface area contributed by atoms with Gasteiger partial charge < -0.3 is 5.73 Å². The molecule has 0 amide bonds. The summed E-state index contributed by atoms with van der Waals surface area (Å²) in [6.45, 7) is 1.90. The highest BCUT2D eigenvalue weighted by atomic mass is 32.2. The van der Waals surface area contributed by atoms with Crippen LogP contribution in [0, 0.1) is 6.92 Å². The van der Waals surface area contributed by atoms with Crippen LogP contribution in [-0.2, 0) is 9.84 Å². The minimum atomic E-state index is -3.62. The van der Waals surface area contributed by atoms with Crippen molar-refractivity contribution in [3.63, 3.8) is 0 Å². The topological polar surface area (TPSA) is 84.5 Å². The predicted molar refractivity (Wildman–Crippen MR) is 90.6 cm³/mol. The maximum atomic E-state index is 12.7. The van der Waals surface area contributed by atoms with E-state index in [0.29, 0.717) is 5.56 Å². The van der Waals surface area contributed by atoms with Crippen molar-refractivity contribution < 1.29 is 8.42 Å². The second-order valence-electron chi connectivity index (χ2n) is 4.59. The minimum absolute atomic E-state index is 0.00937. The van der Waals surface area contributed by atoms with Crippen LogP contribution >= 0.6 is 12.2 Å². The average Bonchev–Trinajstić information content (AvgIpc) is 2.48. The molecule has 0 aliphatic heterocycles. The van der Waals surface area contributed by atoms with Gasteiger partial charge in [-0.1, -0.05) is 35.9 Å². The van der Waals surface area contributed by atoms with Gasteiger partial charge in [-0.3, -0.25) is 5.43 Å². The summed E-state index contributed by atoms with van der Waals surface area (Å²) in [5.74, 6) is 0. The number of rotatable bonds is 4. The summed E-state index contributed by atoms with van der Waals surface area (Å²) in [7, 11) is -3.62. The van der Waals surface area contributed by atoms with Crippen molar-refractivity contribution >= 4 is 33.4 Å². The highest BCUT2D eigenvalue weighted by Gasteiger charge is 2.20. The molecule has 0 atom stereocenters. The van der Waals surface area contributed by atoms with Gasteiger partial charge in [0.25, 0.3) is 0 Å². The summed E-state index contributed by atoms with van der Waals surface area (Å²) < 4.78 is 25.5. The normalized spacial score (nSPS) is 11.5. The van der Waals surface area contributed by atoms with Crippen molar-refractivity contribution in [3.05, 3.63) is 59.7 Å². The highest BCUT2D eigenvalue weighted by Crippen LogP contribution is 2.23. The van der Waals surface area contributed by atoms with Crippen LogP contribution < -0.4 is 11.2 Å². The Morgan fingerprint density at radius 3 is 2.45 bits per heavy atom. The van der Waals surface area contributed by atoms with Gasteiger partial charge in [0.05, 0.1) is 16.0 Å². The van der Waals surface area contributed by atoms with Gasteiger partial charge in [0.15, 0.2) is 5.11 Å². The fourth-order valence-corrected chi connectivity index (χ4v) is 3.33. The summed E-state index contributed by atoms with van der Waals surface area (Å²) >= 11 is 4.64. The van der Waals surface area contributed by atoms with E-state index >= 15 is 0 Å². The van der Waals surface area contributed by atoms with Crippen LogP contribution in [0.15, 0.2) is 63.4 Å². The lowest BCUT2D eigenvalue weighted by molar-refractivity contribution is 0.596. The molecular weight excluding hydrogens is 318 g/mol. The van der Waals surface area contributed by atoms with Crippen LogP contribution in [0.25, 0.3) is 0 Å². The molecule has 0 heterocycles. The van der Waals surface area contributed by atoms with Crippen molar-refractivity contribution in [2.75, 3.05) is 0 Å². The molecule has 2 aromatic rings. The molecule has 5 nitrogen and oxygen atoms in total. The molecule has 0 fully saturated rings. The zero-order valence-electron chi connectivity index (χ0n) is 11.9. The van der Waals surface area contributed by atoms with Gasteiger partial charge in [-0.25, -0.2) is 8.42 Å². The molecular formula is C15H15N3O2S2. The standard InChI is InChI=1S/C15H15N3O2S2/c1-11-6-8-13(9-7-11)22(19,20)14-5-3-2-4-12(14)10-17-18-15(16)21/h2-10H,1H3,(H3,16,18,21). The molecule has 7 heteroatoms. The molecule has 2 aromatic carbocycles. The Morgan fingerprint density at radius 2 is 1.82 bits per heavy atom. The number of hydrogen-bond donors (Lipinski definition) is 2. The Bertz CT molecular complexity index is 813. The number of hydrogen-bond acceptors (Lipinski definition) is 4. The van der Waals surface area contributed by atoms with Crippen molar-refractivity contribution in [2.24, 2.45) is 10.8 Å². The summed E-state index contributed by atoms with van der Waals surface area (Å²) in [5.41, 5.74) is 9.12. The molecule has 0 saturated heterocycles. The van der Waals surface area contributed by atoms with E-state index in [1.165, 1.54) is 12.3 Å². The molecule has 2 rings (SSSR count). The van der Waals surface area contributed by atoms with E-state index in [9.17, 15) is 8.42 Å². The molecule has 3 N–H and O–H groups in total. The van der Waals surface area contributed by atoms with Gasteiger partial charge in [0, 0.05) is 5.56 Å². The molecule has 114 valence electrons. The van der Waals surface area contributed by atoms with E-state index in [1.807, 2.05) is 6.92 Å². The Hall–Kier alpha value is -2.25. The van der Waals surface area contributed by atoms with Gasteiger partial charge in [-0.2, -0.15) is 5.10 Å². The third kappa shape index (κ3) is 3.69. The number of nitrogens with zero attached hydrogens (tertiary/aromatic N) is 1. The fourth-order valence-electron chi connectivity index (χ4n) is 1.84. The number of sulfone groups is 1. The first-order valence-corrected chi connectivity index (χ1v) is 8.29. The molecule has 22 heavy (non-hydrogen) atoms. The first-order valence-electron chi connectivity index (χ1n) is 6.40. The Balaban J connectivity index is 2.45. The lowest BCUT2D eigenvalue weighted by Crippen LogP contribution is -2.24. The van der Waals surface area contributed by atoms with E-state index in [1.54, 1.807) is 42.5 Å². The van der Waals surface area contributed by atoms with Gasteiger partial charge in [-0.05, 0) is 37.3 Å². The monoisotopic (exact) mass is 333 g/mol. The Labute approximate surface area is 134 Å². The van der Waals surface area contributed by atoms with E-state index in [-0.39, 0.29) is 14.9 Å². The Morgan fingerprint density at radius 1 is 1.18 bits per heavy atom. The van der Waals surface area contributed by atoms with Crippen molar-refractivity contribution in [1.82, 2.24) is 5.43 Å². The smallest absolute Gasteiger partial charge is 0.207 e. The van der Waals surface area contributed by atoms with Crippen LogP contribution in [0.1, 0.15) is 11.1 Å². The third-order valence-corrected chi connectivity index (χ3v) is 4.85. The maximum Gasteiger partial charge on any atom is 0.207 e. The van der Waals surface area contributed by atoms with E-state index in [0.717, 1.165) is 5.56 Å². The zero-order valence-corrected chi connectivity index (χ0v) is 13.5. The molecule has 0 saturated carbocycles.